The number of nitrogens with one attached hydrogen (secondary N) is 1. The van der Waals surface area contributed by atoms with Crippen molar-refractivity contribution in [2.24, 2.45) is 0 Å². The molecule has 0 unspecified atom stereocenters. The number of aromatic carboxylic acids is 1. The first-order chi connectivity index (χ1) is 9.81. The molecule has 0 aliphatic carbocycles. The first-order valence-electron chi connectivity index (χ1n) is 6.70. The van der Waals surface area contributed by atoms with Gasteiger partial charge in [-0.05, 0) is 46.1 Å². The lowest BCUT2D eigenvalue weighted by Crippen LogP contribution is -2.44. The number of carbonyl (C=O) groups is 1. The highest BCUT2D eigenvalue weighted by Crippen LogP contribution is 2.21. The zero-order valence-corrected chi connectivity index (χ0v) is 12.7. The highest BCUT2D eigenvalue weighted by Gasteiger charge is 2.20. The fourth-order valence-electron chi connectivity index (χ4n) is 1.79. The van der Waals surface area contributed by atoms with E-state index in [1.54, 1.807) is 18.2 Å². The van der Waals surface area contributed by atoms with Crippen LogP contribution in [0.3, 0.4) is 0 Å². The molecule has 21 heavy (non-hydrogen) atoms. The molecule has 0 fully saturated rings. The first kappa shape index (κ1) is 15.2. The van der Waals surface area contributed by atoms with E-state index >= 15 is 0 Å². The smallest absolute Gasteiger partial charge is 0.335 e. The molecular weight excluding hydrogens is 268 g/mol. The van der Waals surface area contributed by atoms with Crippen LogP contribution in [0.1, 0.15) is 24.2 Å². The van der Waals surface area contributed by atoms with Crippen LogP contribution in [0.4, 0.5) is 5.82 Å². The van der Waals surface area contributed by atoms with Gasteiger partial charge in [-0.2, -0.15) is 0 Å². The third-order valence-corrected chi connectivity index (χ3v) is 3.78. The second kappa shape index (κ2) is 5.65. The zero-order chi connectivity index (χ0) is 15.6. The van der Waals surface area contributed by atoms with Gasteiger partial charge in [0.15, 0.2) is 0 Å². The van der Waals surface area contributed by atoms with E-state index in [9.17, 15) is 4.79 Å². The van der Waals surface area contributed by atoms with Crippen molar-refractivity contribution in [3.63, 3.8) is 0 Å². The first-order valence-corrected chi connectivity index (χ1v) is 6.70. The highest BCUT2D eigenvalue weighted by molar-refractivity contribution is 5.96. The molecule has 2 aromatic rings. The molecule has 6 nitrogen and oxygen atoms in total. The fourth-order valence-corrected chi connectivity index (χ4v) is 1.79. The van der Waals surface area contributed by atoms with E-state index in [1.807, 2.05) is 14.1 Å². The molecule has 0 bridgehead atoms. The molecule has 0 saturated heterocycles. The minimum atomic E-state index is -0.959. The molecule has 6 heteroatoms. The van der Waals surface area contributed by atoms with Gasteiger partial charge in [0.2, 0.25) is 0 Å². The highest BCUT2D eigenvalue weighted by atomic mass is 16.4. The van der Waals surface area contributed by atoms with Crippen molar-refractivity contribution in [2.45, 2.75) is 19.4 Å². The number of hydrogen-bond donors (Lipinski definition) is 2. The molecule has 0 amide bonds. The number of hydrogen-bond acceptors (Lipinski definition) is 5. The summed E-state index contributed by atoms with van der Waals surface area (Å²) in [7, 11) is 4.05. The lowest BCUT2D eigenvalue weighted by molar-refractivity contribution is 0.0697. The average Bonchev–Trinajstić information content (AvgIpc) is 2.44. The van der Waals surface area contributed by atoms with Crippen LogP contribution in [0.5, 0.6) is 0 Å². The van der Waals surface area contributed by atoms with Crippen LogP contribution in [0, 0.1) is 0 Å². The molecule has 0 saturated carbocycles. The molecule has 0 spiro atoms. The number of rotatable bonds is 5. The molecule has 2 N–H and O–H groups in total. The molecule has 0 aliphatic heterocycles. The maximum Gasteiger partial charge on any atom is 0.335 e. The van der Waals surface area contributed by atoms with Gasteiger partial charge in [-0.3, -0.25) is 0 Å². The number of carboxylic acids is 1. The summed E-state index contributed by atoms with van der Waals surface area (Å²) < 4.78 is 0. The summed E-state index contributed by atoms with van der Waals surface area (Å²) in [6.07, 6.45) is 1.44. The van der Waals surface area contributed by atoms with Crippen molar-refractivity contribution >= 4 is 22.7 Å². The maximum atomic E-state index is 11.0. The van der Waals surface area contributed by atoms with Crippen molar-refractivity contribution < 1.29 is 9.90 Å². The topological polar surface area (TPSA) is 78.3 Å². The minimum absolute atomic E-state index is 0.0295. The number of aromatic nitrogens is 2. The van der Waals surface area contributed by atoms with Crippen molar-refractivity contribution in [1.29, 1.82) is 0 Å². The summed E-state index contributed by atoms with van der Waals surface area (Å²) in [5.41, 5.74) is 0.814. The van der Waals surface area contributed by atoms with Crippen molar-refractivity contribution in [3.8, 4) is 0 Å². The third kappa shape index (κ3) is 3.28. The predicted molar refractivity (Wildman–Crippen MR) is 82.8 cm³/mol. The quantitative estimate of drug-likeness (QED) is 0.877. The van der Waals surface area contributed by atoms with E-state index in [2.05, 4.69) is 34.0 Å². The van der Waals surface area contributed by atoms with E-state index in [0.717, 1.165) is 5.39 Å². The van der Waals surface area contributed by atoms with E-state index in [-0.39, 0.29) is 11.1 Å². The summed E-state index contributed by atoms with van der Waals surface area (Å²) in [5, 5.41) is 13.2. The standard InChI is InChI=1S/C15H20N4O2/c1-15(2,19(3)4)8-16-13-11-6-5-10(14(20)21)7-12(11)17-9-18-13/h5-7,9H,8H2,1-4H3,(H,20,21)(H,16,17,18). The minimum Gasteiger partial charge on any atom is -0.478 e. The number of anilines is 1. The summed E-state index contributed by atoms with van der Waals surface area (Å²) in [4.78, 5) is 21.5. The van der Waals surface area contributed by atoms with Gasteiger partial charge in [0.25, 0.3) is 0 Å². The van der Waals surface area contributed by atoms with E-state index in [1.165, 1.54) is 6.33 Å². The second-order valence-corrected chi connectivity index (χ2v) is 5.82. The summed E-state index contributed by atoms with van der Waals surface area (Å²) in [6, 6.07) is 4.86. The van der Waals surface area contributed by atoms with Crippen molar-refractivity contribution in [1.82, 2.24) is 14.9 Å². The Labute approximate surface area is 123 Å². The molecule has 1 aromatic heterocycles. The summed E-state index contributed by atoms with van der Waals surface area (Å²) in [5.74, 6) is -0.245. The molecule has 1 heterocycles. The Kier molecular flexibility index (Phi) is 4.09. The Morgan fingerprint density at radius 2 is 2.05 bits per heavy atom. The van der Waals surface area contributed by atoms with Crippen LogP contribution in [-0.2, 0) is 0 Å². The predicted octanol–water partition coefficient (Wildman–Crippen LogP) is 2.08. The largest absolute Gasteiger partial charge is 0.478 e. The zero-order valence-electron chi connectivity index (χ0n) is 12.7. The molecule has 2 rings (SSSR count). The monoisotopic (exact) mass is 288 g/mol. The Hall–Kier alpha value is -2.21. The number of nitrogens with zero attached hydrogens (tertiary/aromatic N) is 3. The van der Waals surface area contributed by atoms with Gasteiger partial charge in [-0.25, -0.2) is 14.8 Å². The van der Waals surface area contributed by atoms with Gasteiger partial charge >= 0.3 is 5.97 Å². The maximum absolute atomic E-state index is 11.0. The van der Waals surface area contributed by atoms with E-state index in [4.69, 9.17) is 5.11 Å². The Morgan fingerprint density at radius 3 is 2.67 bits per heavy atom. The molecule has 1 aromatic carbocycles. The van der Waals surface area contributed by atoms with Crippen LogP contribution < -0.4 is 5.32 Å². The van der Waals surface area contributed by atoms with Gasteiger partial charge in [-0.1, -0.05) is 0 Å². The van der Waals surface area contributed by atoms with Crippen LogP contribution >= 0.6 is 0 Å². The fraction of sp³-hybridized carbons (Fsp3) is 0.400. The molecular formula is C15H20N4O2. The summed E-state index contributed by atoms with van der Waals surface area (Å²) in [6.45, 7) is 4.98. The summed E-state index contributed by atoms with van der Waals surface area (Å²) >= 11 is 0. The Bertz CT molecular complexity index is 668. The van der Waals surface area contributed by atoms with Crippen LogP contribution in [0.2, 0.25) is 0 Å². The van der Waals surface area contributed by atoms with Crippen LogP contribution in [0.15, 0.2) is 24.5 Å². The van der Waals surface area contributed by atoms with Gasteiger partial charge in [0.1, 0.15) is 12.1 Å². The molecule has 0 aliphatic rings. The van der Waals surface area contributed by atoms with Gasteiger partial charge in [0.05, 0.1) is 11.1 Å². The Morgan fingerprint density at radius 1 is 1.33 bits per heavy atom. The van der Waals surface area contributed by atoms with Gasteiger partial charge in [0, 0.05) is 17.5 Å². The van der Waals surface area contributed by atoms with Crippen molar-refractivity contribution in [2.75, 3.05) is 26.0 Å². The lowest BCUT2D eigenvalue weighted by atomic mass is 10.0. The third-order valence-electron chi connectivity index (χ3n) is 3.78. The molecule has 0 atom stereocenters. The van der Waals surface area contributed by atoms with E-state index < -0.39 is 5.97 Å². The number of carboxylic acid groups (broad SMARTS) is 1. The van der Waals surface area contributed by atoms with Crippen molar-refractivity contribution in [3.05, 3.63) is 30.1 Å². The normalized spacial score (nSPS) is 11.9. The second-order valence-electron chi connectivity index (χ2n) is 5.82. The molecule has 112 valence electrons. The van der Waals surface area contributed by atoms with Crippen LogP contribution in [-0.4, -0.2) is 52.1 Å². The van der Waals surface area contributed by atoms with Crippen LogP contribution in [0.25, 0.3) is 10.9 Å². The Balaban J connectivity index is 2.31. The number of benzene rings is 1. The SMILES string of the molecule is CN(C)C(C)(C)CNc1ncnc2cc(C(=O)O)ccc12. The van der Waals surface area contributed by atoms with Gasteiger partial charge in [-0.15, -0.1) is 0 Å². The lowest BCUT2D eigenvalue weighted by Gasteiger charge is -2.32. The molecule has 0 radical (unpaired) electrons. The average molecular weight is 288 g/mol. The number of fused-ring (bicyclic) bond motifs is 1. The van der Waals surface area contributed by atoms with Gasteiger partial charge < -0.3 is 15.3 Å². The number of likely N-dealkylation sites (N-methyl/N-ethyl adjacent to an activating group) is 1. The van der Waals surface area contributed by atoms with E-state index in [0.29, 0.717) is 17.9 Å².